The van der Waals surface area contributed by atoms with Gasteiger partial charge < -0.3 is 18.9 Å². The Balaban J connectivity index is 2.15. The lowest BCUT2D eigenvalue weighted by Gasteiger charge is -2.38. The average molecular weight is 324 g/mol. The van der Waals surface area contributed by atoms with Crippen LogP contribution in [0.15, 0.2) is 10.6 Å². The van der Waals surface area contributed by atoms with E-state index in [1.807, 2.05) is 20.8 Å². The zero-order valence-electron chi connectivity index (χ0n) is 14.3. The summed E-state index contributed by atoms with van der Waals surface area (Å²) in [5.74, 6) is 0.285. The molecule has 1 fully saturated rings. The molecule has 0 saturated carbocycles. The van der Waals surface area contributed by atoms with E-state index in [1.165, 1.54) is 7.11 Å². The Morgan fingerprint density at radius 3 is 2.35 bits per heavy atom. The summed E-state index contributed by atoms with van der Waals surface area (Å²) in [5.41, 5.74) is -0.854. The van der Waals surface area contributed by atoms with Crippen LogP contribution < -0.4 is 0 Å². The Labute approximate surface area is 135 Å². The van der Waals surface area contributed by atoms with Crippen LogP contribution in [0.4, 0.5) is 4.79 Å². The first-order chi connectivity index (χ1) is 10.7. The molecule has 1 amide bonds. The maximum atomic E-state index is 12.4. The predicted molar refractivity (Wildman–Crippen MR) is 82.0 cm³/mol. The molecule has 1 aliphatic rings. The summed E-state index contributed by atoms with van der Waals surface area (Å²) in [6, 6.07) is 1.75. The highest BCUT2D eigenvalue weighted by Gasteiger charge is 2.47. The van der Waals surface area contributed by atoms with Crippen LogP contribution in [0, 0.1) is 6.92 Å². The molecule has 128 valence electrons. The Hall–Kier alpha value is -2.05. The minimum absolute atomic E-state index is 0.352. The van der Waals surface area contributed by atoms with Crippen LogP contribution in [-0.4, -0.2) is 47.9 Å². The van der Waals surface area contributed by atoms with Crippen LogP contribution in [0.2, 0.25) is 0 Å². The van der Waals surface area contributed by atoms with E-state index in [0.29, 0.717) is 37.4 Å². The van der Waals surface area contributed by atoms with Gasteiger partial charge in [0.2, 0.25) is 0 Å². The second-order valence-electron chi connectivity index (χ2n) is 6.86. The van der Waals surface area contributed by atoms with Gasteiger partial charge in [0.05, 0.1) is 7.11 Å². The molecule has 0 aromatic carbocycles. The number of carbonyl (C=O) groups excluding carboxylic acids is 2. The molecule has 2 heterocycles. The standard InChI is InChI=1S/C16H24N2O5/c1-11-10-12(17-23-11)16(13(19)21-5)6-8-18(9-7-16)14(20)22-15(2,3)4/h10H,6-9H2,1-5H3. The van der Waals surface area contributed by atoms with Crippen molar-refractivity contribution in [2.75, 3.05) is 20.2 Å². The monoisotopic (exact) mass is 324 g/mol. The van der Waals surface area contributed by atoms with E-state index in [0.717, 1.165) is 0 Å². The number of hydrogen-bond acceptors (Lipinski definition) is 6. The number of rotatable bonds is 2. The summed E-state index contributed by atoms with van der Waals surface area (Å²) in [6.07, 6.45) is 0.475. The summed E-state index contributed by atoms with van der Waals surface area (Å²) in [4.78, 5) is 26.1. The molecule has 0 aliphatic carbocycles. The molecule has 1 aliphatic heterocycles. The fraction of sp³-hybridized carbons (Fsp3) is 0.688. The highest BCUT2D eigenvalue weighted by molar-refractivity contribution is 5.83. The zero-order valence-corrected chi connectivity index (χ0v) is 14.3. The van der Waals surface area contributed by atoms with Crippen LogP contribution in [0.3, 0.4) is 0 Å². The molecular formula is C16H24N2O5. The van der Waals surface area contributed by atoms with Gasteiger partial charge in [-0.2, -0.15) is 0 Å². The molecule has 1 saturated heterocycles. The van der Waals surface area contributed by atoms with Gasteiger partial charge in [0, 0.05) is 19.2 Å². The van der Waals surface area contributed by atoms with Gasteiger partial charge in [-0.1, -0.05) is 5.16 Å². The number of ether oxygens (including phenoxy) is 2. The first kappa shape index (κ1) is 17.3. The molecule has 1 aromatic heterocycles. The van der Waals surface area contributed by atoms with Gasteiger partial charge in [-0.05, 0) is 40.5 Å². The molecule has 0 N–H and O–H groups in total. The van der Waals surface area contributed by atoms with Crippen LogP contribution in [-0.2, 0) is 19.7 Å². The summed E-state index contributed by atoms with van der Waals surface area (Å²) in [6.45, 7) is 8.05. The first-order valence-electron chi connectivity index (χ1n) is 7.68. The Bertz CT molecular complexity index is 580. The topological polar surface area (TPSA) is 81.9 Å². The van der Waals surface area contributed by atoms with Crippen molar-refractivity contribution in [1.82, 2.24) is 10.1 Å². The quantitative estimate of drug-likeness (QED) is 0.777. The number of hydrogen-bond donors (Lipinski definition) is 0. The van der Waals surface area contributed by atoms with Gasteiger partial charge in [0.25, 0.3) is 0 Å². The van der Waals surface area contributed by atoms with Crippen LogP contribution in [0.5, 0.6) is 0 Å². The van der Waals surface area contributed by atoms with Gasteiger partial charge in [-0.15, -0.1) is 0 Å². The largest absolute Gasteiger partial charge is 0.468 e. The fourth-order valence-corrected chi connectivity index (χ4v) is 2.75. The number of aromatic nitrogens is 1. The molecule has 0 spiro atoms. The number of aryl methyl sites for hydroxylation is 1. The molecule has 0 unspecified atom stereocenters. The lowest BCUT2D eigenvalue weighted by atomic mass is 9.75. The third-order valence-electron chi connectivity index (χ3n) is 3.96. The second-order valence-corrected chi connectivity index (χ2v) is 6.86. The average Bonchev–Trinajstić information content (AvgIpc) is 2.91. The smallest absolute Gasteiger partial charge is 0.410 e. The summed E-state index contributed by atoms with van der Waals surface area (Å²) in [5, 5.41) is 4.00. The second kappa shape index (κ2) is 6.22. The highest BCUT2D eigenvalue weighted by atomic mass is 16.6. The molecular weight excluding hydrogens is 300 g/mol. The Morgan fingerprint density at radius 2 is 1.91 bits per heavy atom. The van der Waals surface area contributed by atoms with Crippen LogP contribution in [0.1, 0.15) is 45.1 Å². The summed E-state index contributed by atoms with van der Waals surface area (Å²) in [7, 11) is 1.36. The highest BCUT2D eigenvalue weighted by Crippen LogP contribution is 2.36. The van der Waals surface area contributed by atoms with Crippen molar-refractivity contribution in [3.8, 4) is 0 Å². The van der Waals surface area contributed by atoms with E-state index < -0.39 is 11.0 Å². The van der Waals surface area contributed by atoms with Gasteiger partial charge in [0.1, 0.15) is 22.5 Å². The Kier molecular flexibility index (Phi) is 4.68. The van der Waals surface area contributed by atoms with Crippen molar-refractivity contribution in [2.24, 2.45) is 0 Å². The van der Waals surface area contributed by atoms with Gasteiger partial charge in [-0.25, -0.2) is 4.79 Å². The van der Waals surface area contributed by atoms with Crippen molar-refractivity contribution in [1.29, 1.82) is 0 Å². The maximum Gasteiger partial charge on any atom is 0.410 e. The number of amides is 1. The number of piperidine rings is 1. The van der Waals surface area contributed by atoms with E-state index in [2.05, 4.69) is 5.16 Å². The first-order valence-corrected chi connectivity index (χ1v) is 7.68. The molecule has 0 atom stereocenters. The summed E-state index contributed by atoms with van der Waals surface area (Å²) < 4.78 is 15.5. The minimum atomic E-state index is -0.870. The van der Waals surface area contributed by atoms with Crippen molar-refractivity contribution in [2.45, 2.75) is 51.6 Å². The zero-order chi connectivity index (χ0) is 17.3. The summed E-state index contributed by atoms with van der Waals surface area (Å²) >= 11 is 0. The number of nitrogens with zero attached hydrogens (tertiary/aromatic N) is 2. The molecule has 7 heteroatoms. The normalized spacial score (nSPS) is 17.7. The minimum Gasteiger partial charge on any atom is -0.468 e. The number of likely N-dealkylation sites (tertiary alicyclic amines) is 1. The molecule has 0 bridgehead atoms. The number of carbonyl (C=O) groups is 2. The molecule has 23 heavy (non-hydrogen) atoms. The third kappa shape index (κ3) is 3.65. The van der Waals surface area contributed by atoms with E-state index in [9.17, 15) is 9.59 Å². The number of esters is 1. The lowest BCUT2D eigenvalue weighted by molar-refractivity contribution is -0.150. The van der Waals surface area contributed by atoms with Gasteiger partial charge >= 0.3 is 12.1 Å². The third-order valence-corrected chi connectivity index (χ3v) is 3.96. The van der Waals surface area contributed by atoms with E-state index >= 15 is 0 Å². The maximum absolute atomic E-state index is 12.4. The van der Waals surface area contributed by atoms with Crippen LogP contribution >= 0.6 is 0 Å². The lowest BCUT2D eigenvalue weighted by Crippen LogP contribution is -2.50. The molecule has 1 aromatic rings. The van der Waals surface area contributed by atoms with E-state index in [1.54, 1.807) is 17.9 Å². The predicted octanol–water partition coefficient (Wildman–Crippen LogP) is 2.42. The van der Waals surface area contributed by atoms with E-state index in [4.69, 9.17) is 14.0 Å². The van der Waals surface area contributed by atoms with Gasteiger partial charge in [-0.3, -0.25) is 4.79 Å². The fourth-order valence-electron chi connectivity index (χ4n) is 2.75. The van der Waals surface area contributed by atoms with Crippen molar-refractivity contribution >= 4 is 12.1 Å². The van der Waals surface area contributed by atoms with Crippen molar-refractivity contribution < 1.29 is 23.6 Å². The van der Waals surface area contributed by atoms with Crippen molar-refractivity contribution in [3.05, 3.63) is 17.5 Å². The van der Waals surface area contributed by atoms with Crippen molar-refractivity contribution in [3.63, 3.8) is 0 Å². The molecule has 0 radical (unpaired) electrons. The van der Waals surface area contributed by atoms with E-state index in [-0.39, 0.29) is 12.1 Å². The number of methoxy groups -OCH3 is 1. The SMILES string of the molecule is COC(=O)C1(c2cc(C)on2)CCN(C(=O)OC(C)(C)C)CC1. The molecule has 7 nitrogen and oxygen atoms in total. The van der Waals surface area contributed by atoms with Gasteiger partial charge in [0.15, 0.2) is 0 Å². The molecule has 2 rings (SSSR count). The van der Waals surface area contributed by atoms with Crippen LogP contribution in [0.25, 0.3) is 0 Å². The Morgan fingerprint density at radius 1 is 1.30 bits per heavy atom.